The Bertz CT molecular complexity index is 373. The molecule has 0 bridgehead atoms. The van der Waals surface area contributed by atoms with E-state index in [1.165, 1.54) is 7.11 Å². The van der Waals surface area contributed by atoms with Crippen LogP contribution in [0, 0.1) is 0 Å². The Hall–Kier alpha value is -1.55. The van der Waals surface area contributed by atoms with Gasteiger partial charge < -0.3 is 14.2 Å². The first-order valence-electron chi connectivity index (χ1n) is 4.73. The average Bonchev–Trinajstić information content (AvgIpc) is 2.26. The van der Waals surface area contributed by atoms with Crippen molar-refractivity contribution in [3.05, 3.63) is 23.8 Å². The molecule has 0 unspecified atom stereocenters. The van der Waals surface area contributed by atoms with Crippen LogP contribution in [0.2, 0.25) is 0 Å². The molecule has 0 saturated carbocycles. The quantitative estimate of drug-likeness (QED) is 0.708. The maximum atomic E-state index is 11.7. The zero-order valence-corrected chi connectivity index (χ0v) is 8.49. The molecule has 0 amide bonds. The Labute approximate surface area is 87.8 Å². The first-order chi connectivity index (χ1) is 7.33. The highest BCUT2D eigenvalue weighted by Crippen LogP contribution is 2.32. The van der Waals surface area contributed by atoms with Gasteiger partial charge in [-0.05, 0) is 12.1 Å². The second-order valence-electron chi connectivity index (χ2n) is 3.20. The lowest BCUT2D eigenvalue weighted by molar-refractivity contribution is 0.0495. The number of carbonyl (C=O) groups excluding carboxylic acids is 1. The summed E-state index contributed by atoms with van der Waals surface area (Å²) in [5.74, 6) is 1.18. The highest BCUT2D eigenvalue weighted by Gasteiger charge is 2.22. The molecule has 1 aliphatic rings. The van der Waals surface area contributed by atoms with Crippen LogP contribution in [0.4, 0.5) is 0 Å². The topological polar surface area (TPSA) is 44.8 Å². The Balaban J connectivity index is 2.34. The second kappa shape index (κ2) is 4.31. The largest absolute Gasteiger partial charge is 0.492 e. The van der Waals surface area contributed by atoms with Crippen LogP contribution in [0.25, 0.3) is 0 Å². The normalized spacial score (nSPS) is 14.3. The van der Waals surface area contributed by atoms with Gasteiger partial charge in [0.1, 0.15) is 17.1 Å². The molecule has 0 fully saturated rings. The van der Waals surface area contributed by atoms with E-state index >= 15 is 0 Å². The molecular formula is C11H12O4. The zero-order chi connectivity index (χ0) is 10.7. The van der Waals surface area contributed by atoms with Crippen LogP contribution in [0.3, 0.4) is 0 Å². The maximum Gasteiger partial charge on any atom is 0.188 e. The van der Waals surface area contributed by atoms with Gasteiger partial charge in [0.25, 0.3) is 0 Å². The molecule has 0 aliphatic carbocycles. The van der Waals surface area contributed by atoms with Crippen LogP contribution in [-0.2, 0) is 4.74 Å². The first kappa shape index (κ1) is 9.98. The number of hydrogen-bond acceptors (Lipinski definition) is 4. The van der Waals surface area contributed by atoms with E-state index in [1.54, 1.807) is 18.2 Å². The Morgan fingerprint density at radius 3 is 3.13 bits per heavy atom. The molecule has 0 aromatic heterocycles. The molecule has 4 heteroatoms. The van der Waals surface area contributed by atoms with Crippen molar-refractivity contribution >= 4 is 5.78 Å². The van der Waals surface area contributed by atoms with Gasteiger partial charge in [0, 0.05) is 13.5 Å². The summed E-state index contributed by atoms with van der Waals surface area (Å²) in [4.78, 5) is 11.7. The van der Waals surface area contributed by atoms with Crippen molar-refractivity contribution in [2.45, 2.75) is 6.42 Å². The second-order valence-corrected chi connectivity index (χ2v) is 3.20. The standard InChI is InChI=1S/C11H12O4/c1-13-7-15-10-4-2-3-9-11(10)8(12)5-6-14-9/h2-4H,5-7H2,1H3. The van der Waals surface area contributed by atoms with Crippen molar-refractivity contribution in [2.24, 2.45) is 0 Å². The van der Waals surface area contributed by atoms with Gasteiger partial charge in [0.2, 0.25) is 0 Å². The average molecular weight is 208 g/mol. The Morgan fingerprint density at radius 2 is 2.33 bits per heavy atom. The molecule has 1 aromatic rings. The summed E-state index contributed by atoms with van der Waals surface area (Å²) >= 11 is 0. The number of ether oxygens (including phenoxy) is 3. The van der Waals surface area contributed by atoms with Crippen molar-refractivity contribution in [1.82, 2.24) is 0 Å². The summed E-state index contributed by atoms with van der Waals surface area (Å²) in [6.07, 6.45) is 0.403. The van der Waals surface area contributed by atoms with E-state index in [0.717, 1.165) is 0 Å². The molecule has 1 heterocycles. The molecule has 0 N–H and O–H groups in total. The summed E-state index contributed by atoms with van der Waals surface area (Å²) in [7, 11) is 1.54. The molecule has 80 valence electrons. The molecule has 1 aliphatic heterocycles. The van der Waals surface area contributed by atoms with Crippen LogP contribution in [0.15, 0.2) is 18.2 Å². The van der Waals surface area contributed by atoms with Gasteiger partial charge in [0.15, 0.2) is 12.6 Å². The third-order valence-electron chi connectivity index (χ3n) is 2.19. The predicted octanol–water partition coefficient (Wildman–Crippen LogP) is 1.63. The molecule has 2 rings (SSSR count). The summed E-state index contributed by atoms with van der Waals surface area (Å²) < 4.78 is 15.5. The zero-order valence-electron chi connectivity index (χ0n) is 8.49. The minimum atomic E-state index is 0.0583. The van der Waals surface area contributed by atoms with Gasteiger partial charge in [-0.3, -0.25) is 4.79 Å². The molecule has 0 radical (unpaired) electrons. The lowest BCUT2D eigenvalue weighted by Gasteiger charge is -2.18. The van der Waals surface area contributed by atoms with Crippen molar-refractivity contribution in [1.29, 1.82) is 0 Å². The molecular weight excluding hydrogens is 196 g/mol. The molecule has 0 spiro atoms. The van der Waals surface area contributed by atoms with Gasteiger partial charge in [0.05, 0.1) is 6.61 Å². The number of ketones is 1. The van der Waals surface area contributed by atoms with Crippen molar-refractivity contribution in [3.63, 3.8) is 0 Å². The summed E-state index contributed by atoms with van der Waals surface area (Å²) in [5, 5.41) is 0. The lowest BCUT2D eigenvalue weighted by Crippen LogP contribution is -2.17. The molecule has 0 atom stereocenters. The number of carbonyl (C=O) groups is 1. The van der Waals surface area contributed by atoms with Crippen molar-refractivity contribution in [2.75, 3.05) is 20.5 Å². The Kier molecular flexibility index (Phi) is 2.87. The van der Waals surface area contributed by atoms with Gasteiger partial charge in [-0.15, -0.1) is 0 Å². The number of methoxy groups -OCH3 is 1. The minimum absolute atomic E-state index is 0.0583. The van der Waals surface area contributed by atoms with Crippen molar-refractivity contribution < 1.29 is 19.0 Å². The maximum absolute atomic E-state index is 11.7. The fraction of sp³-hybridized carbons (Fsp3) is 0.364. The fourth-order valence-electron chi connectivity index (χ4n) is 1.53. The number of hydrogen-bond donors (Lipinski definition) is 0. The van der Waals surface area contributed by atoms with Gasteiger partial charge in [-0.25, -0.2) is 0 Å². The molecule has 1 aromatic carbocycles. The van der Waals surface area contributed by atoms with E-state index in [1.807, 2.05) is 0 Å². The van der Waals surface area contributed by atoms with Crippen LogP contribution in [-0.4, -0.2) is 26.3 Å². The first-order valence-corrected chi connectivity index (χ1v) is 4.73. The van der Waals surface area contributed by atoms with E-state index in [-0.39, 0.29) is 12.6 Å². The summed E-state index contributed by atoms with van der Waals surface area (Å²) in [6.45, 7) is 0.573. The molecule has 4 nitrogen and oxygen atoms in total. The number of fused-ring (bicyclic) bond motifs is 1. The number of rotatable bonds is 3. The Morgan fingerprint density at radius 1 is 1.47 bits per heavy atom. The van der Waals surface area contributed by atoms with E-state index < -0.39 is 0 Å². The van der Waals surface area contributed by atoms with Gasteiger partial charge in [-0.2, -0.15) is 0 Å². The number of benzene rings is 1. The monoisotopic (exact) mass is 208 g/mol. The van der Waals surface area contributed by atoms with Crippen LogP contribution >= 0.6 is 0 Å². The molecule has 0 saturated heterocycles. The summed E-state index contributed by atoms with van der Waals surface area (Å²) in [5.41, 5.74) is 0.529. The van der Waals surface area contributed by atoms with E-state index in [9.17, 15) is 4.79 Å². The van der Waals surface area contributed by atoms with Crippen LogP contribution in [0.1, 0.15) is 16.8 Å². The molecule has 15 heavy (non-hydrogen) atoms. The smallest absolute Gasteiger partial charge is 0.188 e. The minimum Gasteiger partial charge on any atom is -0.492 e. The highest BCUT2D eigenvalue weighted by molar-refractivity contribution is 6.02. The van der Waals surface area contributed by atoms with Crippen LogP contribution in [0.5, 0.6) is 11.5 Å². The van der Waals surface area contributed by atoms with E-state index in [2.05, 4.69) is 0 Å². The van der Waals surface area contributed by atoms with Crippen LogP contribution < -0.4 is 9.47 Å². The fourth-order valence-corrected chi connectivity index (χ4v) is 1.53. The van der Waals surface area contributed by atoms with Gasteiger partial charge in [-0.1, -0.05) is 6.07 Å². The van der Waals surface area contributed by atoms with E-state index in [0.29, 0.717) is 30.1 Å². The third kappa shape index (κ3) is 1.94. The predicted molar refractivity (Wildman–Crippen MR) is 53.4 cm³/mol. The third-order valence-corrected chi connectivity index (χ3v) is 2.19. The number of Topliss-reactive ketones (excluding diaryl/α,β-unsaturated/α-hetero) is 1. The van der Waals surface area contributed by atoms with Gasteiger partial charge >= 0.3 is 0 Å². The SMILES string of the molecule is COCOc1cccc2c1C(=O)CCO2. The van der Waals surface area contributed by atoms with Crippen molar-refractivity contribution in [3.8, 4) is 11.5 Å². The van der Waals surface area contributed by atoms with E-state index in [4.69, 9.17) is 14.2 Å². The highest BCUT2D eigenvalue weighted by atomic mass is 16.7. The summed E-state index contributed by atoms with van der Waals surface area (Å²) in [6, 6.07) is 5.30. The lowest BCUT2D eigenvalue weighted by atomic mass is 10.0.